The van der Waals surface area contributed by atoms with Crippen LogP contribution >= 0.6 is 11.8 Å². The van der Waals surface area contributed by atoms with E-state index in [-0.39, 0.29) is 0 Å². The summed E-state index contributed by atoms with van der Waals surface area (Å²) in [5.74, 6) is 0. The average molecular weight is 208 g/mol. The molecule has 1 atom stereocenters. The van der Waals surface area contributed by atoms with Crippen molar-refractivity contribution in [3.8, 4) is 0 Å². The van der Waals surface area contributed by atoms with Gasteiger partial charge in [0.25, 0.3) is 0 Å². The Bertz CT molecular complexity index is 295. The van der Waals surface area contributed by atoms with Gasteiger partial charge in [0.1, 0.15) is 0 Å². The molecule has 0 amide bonds. The van der Waals surface area contributed by atoms with Gasteiger partial charge in [0.2, 0.25) is 0 Å². The molecule has 14 heavy (non-hydrogen) atoms. The molecule has 0 aromatic heterocycles. The van der Waals surface area contributed by atoms with E-state index < -0.39 is 0 Å². The molecular weight excluding hydrogens is 192 g/mol. The third-order valence-electron chi connectivity index (χ3n) is 2.41. The molecule has 0 aliphatic carbocycles. The topological polar surface area (TPSA) is 38.0 Å². The maximum absolute atomic E-state index is 5.73. The fourth-order valence-electron chi connectivity index (χ4n) is 1.70. The molecule has 76 valence electrons. The highest BCUT2D eigenvalue weighted by Gasteiger charge is 2.13. The monoisotopic (exact) mass is 208 g/mol. The maximum atomic E-state index is 5.73. The number of anilines is 1. The lowest BCUT2D eigenvalue weighted by atomic mass is 10.2. The fraction of sp³-hybridized carbons (Fsp3) is 0.455. The number of piperidine rings is 1. The first-order chi connectivity index (χ1) is 6.84. The number of nitrogens with one attached hydrogen (secondary N) is 1. The molecule has 3 N–H and O–H groups in total. The summed E-state index contributed by atoms with van der Waals surface area (Å²) in [5.41, 5.74) is 6.59. The Kier molecular flexibility index (Phi) is 3.32. The maximum Gasteiger partial charge on any atom is 0.0325 e. The summed E-state index contributed by atoms with van der Waals surface area (Å²) >= 11 is 1.94. The molecule has 0 radical (unpaired) electrons. The summed E-state index contributed by atoms with van der Waals surface area (Å²) in [7, 11) is 0. The minimum atomic E-state index is 0.713. The Morgan fingerprint density at radius 2 is 2.36 bits per heavy atom. The number of nitrogens with two attached hydrogens (primary N) is 1. The van der Waals surface area contributed by atoms with E-state index in [1.54, 1.807) is 0 Å². The molecular formula is C11H16N2S. The highest BCUT2D eigenvalue weighted by atomic mass is 32.2. The average Bonchev–Trinajstić information content (AvgIpc) is 2.19. The van der Waals surface area contributed by atoms with Gasteiger partial charge in [-0.25, -0.2) is 0 Å². The summed E-state index contributed by atoms with van der Waals surface area (Å²) in [6.07, 6.45) is 2.60. The Morgan fingerprint density at radius 1 is 1.43 bits per heavy atom. The number of hydrogen-bond acceptors (Lipinski definition) is 3. The van der Waals surface area contributed by atoms with Crippen molar-refractivity contribution in [2.24, 2.45) is 0 Å². The molecule has 1 heterocycles. The van der Waals surface area contributed by atoms with E-state index in [2.05, 4.69) is 17.4 Å². The minimum absolute atomic E-state index is 0.713. The predicted octanol–water partition coefficient (Wildman–Crippen LogP) is 2.11. The van der Waals surface area contributed by atoms with E-state index in [1.807, 2.05) is 23.9 Å². The van der Waals surface area contributed by atoms with Crippen LogP contribution in [0.4, 0.5) is 5.69 Å². The third-order valence-corrected chi connectivity index (χ3v) is 3.67. The lowest BCUT2D eigenvalue weighted by Gasteiger charge is -2.22. The molecule has 0 saturated carbocycles. The van der Waals surface area contributed by atoms with Crippen LogP contribution in [-0.4, -0.2) is 18.3 Å². The second-order valence-electron chi connectivity index (χ2n) is 3.66. The lowest BCUT2D eigenvalue weighted by molar-refractivity contribution is 0.531. The number of thioether (sulfide) groups is 1. The van der Waals surface area contributed by atoms with Crippen molar-refractivity contribution in [1.29, 1.82) is 0 Å². The molecule has 2 rings (SSSR count). The normalized spacial score (nSPS) is 22.1. The van der Waals surface area contributed by atoms with Gasteiger partial charge in [-0.1, -0.05) is 6.07 Å². The second kappa shape index (κ2) is 4.71. The molecule has 0 spiro atoms. The predicted molar refractivity (Wildman–Crippen MR) is 62.6 cm³/mol. The first-order valence-corrected chi connectivity index (χ1v) is 5.95. The zero-order valence-corrected chi connectivity index (χ0v) is 9.02. The van der Waals surface area contributed by atoms with Crippen molar-refractivity contribution in [3.63, 3.8) is 0 Å². The van der Waals surface area contributed by atoms with Crippen LogP contribution in [0.1, 0.15) is 12.8 Å². The van der Waals surface area contributed by atoms with Gasteiger partial charge in [0.05, 0.1) is 0 Å². The van der Waals surface area contributed by atoms with E-state index >= 15 is 0 Å². The van der Waals surface area contributed by atoms with Crippen LogP contribution in [0.5, 0.6) is 0 Å². The van der Waals surface area contributed by atoms with Gasteiger partial charge in [0, 0.05) is 22.4 Å². The lowest BCUT2D eigenvalue weighted by Crippen LogP contribution is -2.31. The van der Waals surface area contributed by atoms with Crippen molar-refractivity contribution in [3.05, 3.63) is 24.3 Å². The van der Waals surface area contributed by atoms with Crippen molar-refractivity contribution in [2.45, 2.75) is 23.0 Å². The summed E-state index contributed by atoms with van der Waals surface area (Å²) < 4.78 is 0. The van der Waals surface area contributed by atoms with E-state index in [4.69, 9.17) is 5.73 Å². The van der Waals surface area contributed by atoms with Crippen molar-refractivity contribution in [2.75, 3.05) is 18.8 Å². The first-order valence-electron chi connectivity index (χ1n) is 5.07. The molecule has 3 heteroatoms. The molecule has 1 aromatic rings. The van der Waals surface area contributed by atoms with Gasteiger partial charge in [0.15, 0.2) is 0 Å². The summed E-state index contributed by atoms with van der Waals surface area (Å²) in [4.78, 5) is 1.29. The molecule has 1 unspecified atom stereocenters. The van der Waals surface area contributed by atoms with Crippen LogP contribution in [0.2, 0.25) is 0 Å². The quantitative estimate of drug-likeness (QED) is 0.731. The van der Waals surface area contributed by atoms with E-state index in [0.717, 1.165) is 12.2 Å². The molecule has 1 aliphatic rings. The zero-order valence-electron chi connectivity index (χ0n) is 8.20. The first kappa shape index (κ1) is 9.87. The molecule has 1 fully saturated rings. The molecule has 0 bridgehead atoms. The third kappa shape index (κ3) is 2.66. The van der Waals surface area contributed by atoms with E-state index in [1.165, 1.54) is 24.3 Å². The van der Waals surface area contributed by atoms with E-state index in [9.17, 15) is 0 Å². The Morgan fingerprint density at radius 3 is 3.07 bits per heavy atom. The van der Waals surface area contributed by atoms with Crippen molar-refractivity contribution >= 4 is 17.4 Å². The SMILES string of the molecule is Nc1cccc(SC2CCCNC2)c1. The molecule has 1 aliphatic heterocycles. The Hall–Kier alpha value is -0.670. The van der Waals surface area contributed by atoms with Crippen LogP contribution in [0, 0.1) is 0 Å². The van der Waals surface area contributed by atoms with E-state index in [0.29, 0.717) is 5.25 Å². The molecule has 1 saturated heterocycles. The summed E-state index contributed by atoms with van der Waals surface area (Å²) in [5, 5.41) is 4.13. The Balaban J connectivity index is 1.95. The summed E-state index contributed by atoms with van der Waals surface area (Å²) in [6.45, 7) is 2.30. The van der Waals surface area contributed by atoms with Crippen LogP contribution in [0.3, 0.4) is 0 Å². The molecule has 2 nitrogen and oxygen atoms in total. The van der Waals surface area contributed by atoms with Crippen LogP contribution in [-0.2, 0) is 0 Å². The standard InChI is InChI=1S/C11H16N2S/c12-9-3-1-4-10(7-9)14-11-5-2-6-13-8-11/h1,3-4,7,11,13H,2,5-6,8,12H2. The Labute approximate surface area is 89.3 Å². The van der Waals surface area contributed by atoms with Crippen molar-refractivity contribution in [1.82, 2.24) is 5.32 Å². The molecule has 1 aromatic carbocycles. The van der Waals surface area contributed by atoms with Crippen LogP contribution < -0.4 is 11.1 Å². The minimum Gasteiger partial charge on any atom is -0.399 e. The van der Waals surface area contributed by atoms with Crippen molar-refractivity contribution < 1.29 is 0 Å². The fourth-order valence-corrected chi connectivity index (χ4v) is 2.93. The summed E-state index contributed by atoms with van der Waals surface area (Å²) in [6, 6.07) is 8.14. The van der Waals surface area contributed by atoms with Gasteiger partial charge < -0.3 is 11.1 Å². The van der Waals surface area contributed by atoms with Crippen LogP contribution in [0.15, 0.2) is 29.2 Å². The highest BCUT2D eigenvalue weighted by molar-refractivity contribution is 8.00. The van der Waals surface area contributed by atoms with Gasteiger partial charge in [-0.05, 0) is 37.6 Å². The van der Waals surface area contributed by atoms with Crippen LogP contribution in [0.25, 0.3) is 0 Å². The second-order valence-corrected chi connectivity index (χ2v) is 5.03. The highest BCUT2D eigenvalue weighted by Crippen LogP contribution is 2.28. The number of hydrogen-bond donors (Lipinski definition) is 2. The van der Waals surface area contributed by atoms with Gasteiger partial charge in [-0.2, -0.15) is 0 Å². The van der Waals surface area contributed by atoms with Gasteiger partial charge in [-0.15, -0.1) is 11.8 Å². The number of rotatable bonds is 2. The van der Waals surface area contributed by atoms with Gasteiger partial charge in [-0.3, -0.25) is 0 Å². The largest absolute Gasteiger partial charge is 0.399 e. The number of nitrogen functional groups attached to an aromatic ring is 1. The van der Waals surface area contributed by atoms with Gasteiger partial charge >= 0.3 is 0 Å². The smallest absolute Gasteiger partial charge is 0.0325 e. The number of benzene rings is 1. The zero-order chi connectivity index (χ0) is 9.80.